The van der Waals surface area contributed by atoms with Crippen molar-refractivity contribution in [3.05, 3.63) is 44.5 Å². The van der Waals surface area contributed by atoms with Gasteiger partial charge in [-0.2, -0.15) is 0 Å². The molecule has 0 saturated carbocycles. The first-order valence-corrected chi connectivity index (χ1v) is 9.70. The van der Waals surface area contributed by atoms with Crippen LogP contribution in [0.1, 0.15) is 25.6 Å². The average molecular weight is 390 g/mol. The highest BCUT2D eigenvalue weighted by molar-refractivity contribution is 7.57. The van der Waals surface area contributed by atoms with Crippen molar-refractivity contribution in [1.29, 1.82) is 0 Å². The molecule has 0 amide bonds. The van der Waals surface area contributed by atoms with E-state index in [-0.39, 0.29) is 25.4 Å². The number of hydrogen-bond acceptors (Lipinski definition) is 8. The minimum absolute atomic E-state index is 0.133. The minimum Gasteiger partial charge on any atom is -0.385 e. The summed E-state index contributed by atoms with van der Waals surface area (Å²) in [5.41, 5.74) is -3.02. The second-order valence-corrected chi connectivity index (χ2v) is 7.70. The SMILES string of the molecule is CCOP(=O)(/C=C/[C@@]1(O)CO[C@@H](n2cc(C)c(=O)[nH]c2=O)[C@@H]1O)OCC. The van der Waals surface area contributed by atoms with Crippen LogP contribution in [0.25, 0.3) is 0 Å². The van der Waals surface area contributed by atoms with E-state index < -0.39 is 36.8 Å². The molecular formula is C15H23N2O8P. The van der Waals surface area contributed by atoms with Crippen LogP contribution in [0, 0.1) is 6.92 Å². The Morgan fingerprint density at radius 3 is 2.62 bits per heavy atom. The lowest BCUT2D eigenvalue weighted by atomic mass is 9.99. The predicted octanol–water partition coefficient (Wildman–Crippen LogP) is 0.246. The number of hydrogen-bond donors (Lipinski definition) is 3. The molecule has 0 aliphatic carbocycles. The summed E-state index contributed by atoms with van der Waals surface area (Å²) in [6.45, 7) is 4.67. The van der Waals surface area contributed by atoms with Crippen molar-refractivity contribution < 1.29 is 28.6 Å². The van der Waals surface area contributed by atoms with Gasteiger partial charge in [-0.1, -0.05) is 0 Å². The summed E-state index contributed by atoms with van der Waals surface area (Å²) in [4.78, 5) is 25.5. The smallest absolute Gasteiger partial charge is 0.353 e. The highest BCUT2D eigenvalue weighted by Gasteiger charge is 2.48. The summed E-state index contributed by atoms with van der Waals surface area (Å²) in [5.74, 6) is 1.07. The van der Waals surface area contributed by atoms with Crippen LogP contribution in [0.2, 0.25) is 0 Å². The first-order valence-electron chi connectivity index (χ1n) is 8.09. The van der Waals surface area contributed by atoms with Crippen LogP contribution >= 0.6 is 7.60 Å². The minimum atomic E-state index is -3.58. The number of aromatic nitrogens is 2. The molecule has 2 rings (SSSR count). The lowest BCUT2D eigenvalue weighted by Gasteiger charge is -2.24. The van der Waals surface area contributed by atoms with Crippen molar-refractivity contribution in [2.75, 3.05) is 19.8 Å². The standard InChI is InChI=1S/C15H23N2O8P/c1-4-24-26(22,25-5-2)7-6-15(21)9-23-13(11(15)18)17-8-10(3)12(19)16-14(17)20/h6-8,11,13,18,21H,4-5,9H2,1-3H3,(H,16,19,20)/b7-6+/t11-,13+,15+/m0/s1. The molecule has 10 nitrogen and oxygen atoms in total. The highest BCUT2D eigenvalue weighted by Crippen LogP contribution is 2.50. The molecule has 1 saturated heterocycles. The monoisotopic (exact) mass is 390 g/mol. The topological polar surface area (TPSA) is 140 Å². The first-order chi connectivity index (χ1) is 12.2. The van der Waals surface area contributed by atoms with E-state index in [1.165, 1.54) is 13.1 Å². The Kier molecular flexibility index (Phi) is 6.38. The van der Waals surface area contributed by atoms with Crippen molar-refractivity contribution in [2.24, 2.45) is 0 Å². The summed E-state index contributed by atoms with van der Waals surface area (Å²) in [6, 6.07) is 0. The molecule has 146 valence electrons. The molecule has 0 bridgehead atoms. The maximum Gasteiger partial charge on any atom is 0.353 e. The van der Waals surface area contributed by atoms with Crippen LogP contribution in [-0.4, -0.2) is 51.3 Å². The van der Waals surface area contributed by atoms with Crippen molar-refractivity contribution in [3.63, 3.8) is 0 Å². The molecule has 0 spiro atoms. The molecule has 3 N–H and O–H groups in total. The van der Waals surface area contributed by atoms with Gasteiger partial charge in [-0.3, -0.25) is 18.9 Å². The van der Waals surface area contributed by atoms with E-state index in [4.69, 9.17) is 13.8 Å². The largest absolute Gasteiger partial charge is 0.385 e. The quantitative estimate of drug-likeness (QED) is 0.563. The van der Waals surface area contributed by atoms with Gasteiger partial charge >= 0.3 is 13.3 Å². The van der Waals surface area contributed by atoms with E-state index in [9.17, 15) is 24.4 Å². The molecule has 0 radical (unpaired) electrons. The van der Waals surface area contributed by atoms with E-state index in [1.54, 1.807) is 13.8 Å². The van der Waals surface area contributed by atoms with Crippen molar-refractivity contribution in [2.45, 2.75) is 38.7 Å². The average Bonchev–Trinajstić information content (AvgIpc) is 2.86. The Labute approximate surface area is 149 Å². The molecule has 0 unspecified atom stereocenters. The molecular weight excluding hydrogens is 367 g/mol. The molecule has 2 heterocycles. The van der Waals surface area contributed by atoms with E-state index >= 15 is 0 Å². The third kappa shape index (κ3) is 4.22. The number of rotatable bonds is 7. The van der Waals surface area contributed by atoms with Crippen molar-refractivity contribution >= 4 is 7.60 Å². The molecule has 1 aliphatic rings. The van der Waals surface area contributed by atoms with Crippen molar-refractivity contribution in [1.82, 2.24) is 9.55 Å². The number of aromatic amines is 1. The molecule has 0 aromatic carbocycles. The number of nitrogens with zero attached hydrogens (tertiary/aromatic N) is 1. The Morgan fingerprint density at radius 1 is 1.42 bits per heavy atom. The number of aliphatic hydroxyl groups excluding tert-OH is 1. The van der Waals surface area contributed by atoms with Gasteiger partial charge in [-0.15, -0.1) is 0 Å². The lowest BCUT2D eigenvalue weighted by Crippen LogP contribution is -2.43. The third-order valence-corrected chi connectivity index (χ3v) is 5.60. The highest BCUT2D eigenvalue weighted by atomic mass is 31.2. The van der Waals surface area contributed by atoms with Gasteiger partial charge < -0.3 is 24.0 Å². The fourth-order valence-electron chi connectivity index (χ4n) is 2.50. The maximum absolute atomic E-state index is 12.4. The normalized spacial score (nSPS) is 26.7. The summed E-state index contributed by atoms with van der Waals surface area (Å²) in [5, 5.41) is 21.1. The predicted molar refractivity (Wildman–Crippen MR) is 92.0 cm³/mol. The van der Waals surface area contributed by atoms with E-state index in [2.05, 4.69) is 4.98 Å². The van der Waals surface area contributed by atoms with Crippen LogP contribution in [0.4, 0.5) is 0 Å². The van der Waals surface area contributed by atoms with Gasteiger partial charge in [0.2, 0.25) is 0 Å². The summed E-state index contributed by atoms with van der Waals surface area (Å²) < 4.78 is 29.0. The van der Waals surface area contributed by atoms with Gasteiger partial charge in [0, 0.05) is 17.6 Å². The van der Waals surface area contributed by atoms with E-state index in [0.29, 0.717) is 0 Å². The molecule has 3 atom stereocenters. The van der Waals surface area contributed by atoms with Crippen LogP contribution in [0.5, 0.6) is 0 Å². The third-order valence-electron chi connectivity index (χ3n) is 3.85. The second kappa shape index (κ2) is 7.99. The number of H-pyrrole nitrogens is 1. The maximum atomic E-state index is 12.4. The fraction of sp³-hybridized carbons (Fsp3) is 0.600. The molecule has 11 heteroatoms. The Balaban J connectivity index is 2.29. The Hall–Kier alpha value is -1.55. The van der Waals surface area contributed by atoms with E-state index in [1.807, 2.05) is 0 Å². The summed E-state index contributed by atoms with van der Waals surface area (Å²) >= 11 is 0. The van der Waals surface area contributed by atoms with Gasteiger partial charge in [0.05, 0.1) is 19.8 Å². The van der Waals surface area contributed by atoms with Gasteiger partial charge in [0.1, 0.15) is 11.7 Å². The van der Waals surface area contributed by atoms with Crippen LogP contribution in [0.15, 0.2) is 27.7 Å². The Morgan fingerprint density at radius 2 is 2.04 bits per heavy atom. The van der Waals surface area contributed by atoms with Gasteiger partial charge in [0.15, 0.2) is 6.23 Å². The number of ether oxygens (including phenoxy) is 1. The van der Waals surface area contributed by atoms with Gasteiger partial charge in [-0.05, 0) is 26.8 Å². The zero-order valence-electron chi connectivity index (χ0n) is 14.7. The summed E-state index contributed by atoms with van der Waals surface area (Å²) in [6.07, 6.45) is -0.465. The van der Waals surface area contributed by atoms with Crippen LogP contribution in [-0.2, 0) is 18.3 Å². The molecule has 1 aromatic rings. The van der Waals surface area contributed by atoms with Crippen molar-refractivity contribution in [3.8, 4) is 0 Å². The number of aryl methyl sites for hydroxylation is 1. The molecule has 1 aromatic heterocycles. The summed E-state index contributed by atoms with van der Waals surface area (Å²) in [7, 11) is -3.58. The molecule has 26 heavy (non-hydrogen) atoms. The van der Waals surface area contributed by atoms with E-state index in [0.717, 1.165) is 16.5 Å². The zero-order valence-corrected chi connectivity index (χ0v) is 15.6. The number of aliphatic hydroxyl groups is 2. The molecule has 1 aliphatic heterocycles. The van der Waals surface area contributed by atoms with Gasteiger partial charge in [0.25, 0.3) is 5.56 Å². The zero-order chi connectivity index (χ0) is 19.5. The molecule has 1 fully saturated rings. The fourth-order valence-corrected chi connectivity index (χ4v) is 3.91. The van der Waals surface area contributed by atoms with Crippen LogP contribution < -0.4 is 11.2 Å². The Bertz CT molecular complexity index is 822. The second-order valence-electron chi connectivity index (χ2n) is 5.81. The van der Waals surface area contributed by atoms with Gasteiger partial charge in [-0.25, -0.2) is 4.79 Å². The number of nitrogens with one attached hydrogen (secondary N) is 1. The first kappa shape index (κ1) is 20.8. The van der Waals surface area contributed by atoms with Crippen LogP contribution in [0.3, 0.4) is 0 Å². The lowest BCUT2D eigenvalue weighted by molar-refractivity contribution is -0.0389.